The molecule has 0 atom stereocenters. The third kappa shape index (κ3) is 3.46. The van der Waals surface area contributed by atoms with Gasteiger partial charge in [-0.15, -0.1) is 0 Å². The number of amides is 2. The average molecular weight is 292 g/mol. The van der Waals surface area contributed by atoms with Gasteiger partial charge in [0.2, 0.25) is 5.91 Å². The Morgan fingerprint density at radius 3 is 2.14 bits per heavy atom. The molecule has 5 nitrogen and oxygen atoms in total. The molecule has 2 amide bonds. The van der Waals surface area contributed by atoms with Gasteiger partial charge in [0.25, 0.3) is 5.91 Å². The van der Waals surface area contributed by atoms with Crippen LogP contribution in [-0.2, 0) is 4.79 Å². The molecule has 0 radical (unpaired) electrons. The highest BCUT2D eigenvalue weighted by atomic mass is 16.3. The first-order valence-corrected chi connectivity index (χ1v) is 7.71. The number of hydrogen-bond acceptors (Lipinski definition) is 3. The summed E-state index contributed by atoms with van der Waals surface area (Å²) in [5, 5.41) is 0. The third-order valence-electron chi connectivity index (χ3n) is 4.16. The summed E-state index contributed by atoms with van der Waals surface area (Å²) < 4.78 is 5.37. The largest absolute Gasteiger partial charge is 0.456 e. The summed E-state index contributed by atoms with van der Waals surface area (Å²) in [4.78, 5) is 28.2. The van der Waals surface area contributed by atoms with E-state index < -0.39 is 0 Å². The Balaban J connectivity index is 1.91. The van der Waals surface area contributed by atoms with Gasteiger partial charge in [0.1, 0.15) is 5.76 Å². The van der Waals surface area contributed by atoms with E-state index in [1.165, 1.54) is 0 Å². The normalized spacial score (nSPS) is 15.6. The van der Waals surface area contributed by atoms with Gasteiger partial charge >= 0.3 is 0 Å². The lowest BCUT2D eigenvalue weighted by Gasteiger charge is -2.35. The predicted octanol–water partition coefficient (Wildman–Crippen LogP) is 2.31. The van der Waals surface area contributed by atoms with Crippen LogP contribution >= 0.6 is 0 Å². The summed E-state index contributed by atoms with van der Waals surface area (Å²) in [6, 6.07) is 3.50. The van der Waals surface area contributed by atoms with Gasteiger partial charge < -0.3 is 14.2 Å². The second-order valence-corrected chi connectivity index (χ2v) is 5.54. The zero-order valence-electron chi connectivity index (χ0n) is 13.1. The van der Waals surface area contributed by atoms with Crippen LogP contribution in [0.1, 0.15) is 43.0 Å². The Labute approximate surface area is 125 Å². The summed E-state index contributed by atoms with van der Waals surface area (Å²) in [5.41, 5.74) is 0. The van der Waals surface area contributed by atoms with E-state index in [0.717, 1.165) is 18.6 Å². The molecule has 5 heteroatoms. The van der Waals surface area contributed by atoms with Gasteiger partial charge in [-0.25, -0.2) is 0 Å². The Morgan fingerprint density at radius 1 is 1.10 bits per heavy atom. The van der Waals surface area contributed by atoms with E-state index in [-0.39, 0.29) is 17.7 Å². The maximum absolute atomic E-state index is 12.3. The molecule has 1 saturated heterocycles. The maximum Gasteiger partial charge on any atom is 0.289 e. The Bertz CT molecular complexity index is 497. The highest BCUT2D eigenvalue weighted by Gasteiger charge is 2.28. The Morgan fingerprint density at radius 2 is 1.67 bits per heavy atom. The Kier molecular flexibility index (Phi) is 5.04. The molecule has 0 spiro atoms. The van der Waals surface area contributed by atoms with E-state index in [9.17, 15) is 9.59 Å². The van der Waals surface area contributed by atoms with Crippen LogP contribution in [0.2, 0.25) is 0 Å². The third-order valence-corrected chi connectivity index (χ3v) is 4.16. The number of nitrogens with zero attached hydrogens (tertiary/aromatic N) is 2. The molecule has 1 aliphatic heterocycles. The molecule has 116 valence electrons. The lowest BCUT2D eigenvalue weighted by molar-refractivity contribution is -0.137. The summed E-state index contributed by atoms with van der Waals surface area (Å²) >= 11 is 0. The predicted molar refractivity (Wildman–Crippen MR) is 80.0 cm³/mol. The first-order chi connectivity index (χ1) is 10.1. The minimum Gasteiger partial charge on any atom is -0.456 e. The number of hydrogen-bond donors (Lipinski definition) is 0. The molecule has 0 aliphatic carbocycles. The molecule has 0 saturated carbocycles. The Hall–Kier alpha value is -1.78. The fraction of sp³-hybridized carbons (Fsp3) is 0.625. The van der Waals surface area contributed by atoms with E-state index >= 15 is 0 Å². The molecule has 1 aliphatic rings. The van der Waals surface area contributed by atoms with Gasteiger partial charge in [0.05, 0.1) is 0 Å². The van der Waals surface area contributed by atoms with Gasteiger partial charge in [-0.3, -0.25) is 9.59 Å². The van der Waals surface area contributed by atoms with Crippen molar-refractivity contribution in [1.82, 2.24) is 9.80 Å². The van der Waals surface area contributed by atoms with Crippen LogP contribution in [0.4, 0.5) is 0 Å². The summed E-state index contributed by atoms with van der Waals surface area (Å²) in [6.45, 7) is 8.29. The SMILES string of the molecule is CCC(CC)C(=O)N1CCN(C(=O)c2ccc(C)o2)CC1. The van der Waals surface area contributed by atoms with Crippen molar-refractivity contribution in [2.24, 2.45) is 5.92 Å². The molecule has 2 heterocycles. The fourth-order valence-electron chi connectivity index (χ4n) is 2.73. The van der Waals surface area contributed by atoms with Gasteiger partial charge in [0, 0.05) is 32.1 Å². The van der Waals surface area contributed by atoms with Crippen molar-refractivity contribution in [2.45, 2.75) is 33.6 Å². The van der Waals surface area contributed by atoms with Crippen LogP contribution in [-0.4, -0.2) is 47.8 Å². The molecule has 0 unspecified atom stereocenters. The molecule has 0 aromatic carbocycles. The maximum atomic E-state index is 12.3. The smallest absolute Gasteiger partial charge is 0.289 e. The number of carbonyl (C=O) groups is 2. The second kappa shape index (κ2) is 6.78. The van der Waals surface area contributed by atoms with E-state index in [1.54, 1.807) is 17.0 Å². The van der Waals surface area contributed by atoms with Crippen LogP contribution in [0.3, 0.4) is 0 Å². The number of rotatable bonds is 4. The zero-order chi connectivity index (χ0) is 15.4. The average Bonchev–Trinajstić information content (AvgIpc) is 2.94. The highest BCUT2D eigenvalue weighted by molar-refractivity contribution is 5.91. The second-order valence-electron chi connectivity index (χ2n) is 5.54. The van der Waals surface area contributed by atoms with Crippen LogP contribution in [0.5, 0.6) is 0 Å². The quantitative estimate of drug-likeness (QED) is 0.855. The monoisotopic (exact) mass is 292 g/mol. The van der Waals surface area contributed by atoms with Gasteiger partial charge in [-0.05, 0) is 31.9 Å². The van der Waals surface area contributed by atoms with Gasteiger partial charge in [-0.2, -0.15) is 0 Å². The highest BCUT2D eigenvalue weighted by Crippen LogP contribution is 2.16. The van der Waals surface area contributed by atoms with Crippen molar-refractivity contribution in [3.63, 3.8) is 0 Å². The summed E-state index contributed by atoms with van der Waals surface area (Å²) in [7, 11) is 0. The number of furan rings is 1. The number of carbonyl (C=O) groups excluding carboxylic acids is 2. The lowest BCUT2D eigenvalue weighted by Crippen LogP contribution is -2.51. The molecule has 2 rings (SSSR count). The summed E-state index contributed by atoms with van der Waals surface area (Å²) in [5.74, 6) is 1.37. The summed E-state index contributed by atoms with van der Waals surface area (Å²) in [6.07, 6.45) is 1.75. The van der Waals surface area contributed by atoms with Crippen LogP contribution < -0.4 is 0 Å². The van der Waals surface area contributed by atoms with Crippen molar-refractivity contribution in [3.8, 4) is 0 Å². The van der Waals surface area contributed by atoms with Crippen LogP contribution in [0.25, 0.3) is 0 Å². The van der Waals surface area contributed by atoms with Crippen LogP contribution in [0.15, 0.2) is 16.5 Å². The van der Waals surface area contributed by atoms with Crippen molar-refractivity contribution in [3.05, 3.63) is 23.7 Å². The standard InChI is InChI=1S/C16H24N2O3/c1-4-13(5-2)15(19)17-8-10-18(11-9-17)16(20)14-7-6-12(3)21-14/h6-7,13H,4-5,8-11H2,1-3H3. The van der Waals surface area contributed by atoms with E-state index in [1.807, 2.05) is 25.7 Å². The number of aryl methyl sites for hydroxylation is 1. The molecule has 1 fully saturated rings. The lowest BCUT2D eigenvalue weighted by atomic mass is 10.0. The fourth-order valence-corrected chi connectivity index (χ4v) is 2.73. The first kappa shape index (κ1) is 15.6. The van der Waals surface area contributed by atoms with Crippen molar-refractivity contribution in [1.29, 1.82) is 0 Å². The minimum atomic E-state index is -0.0854. The first-order valence-electron chi connectivity index (χ1n) is 7.71. The molecular weight excluding hydrogens is 268 g/mol. The van der Waals surface area contributed by atoms with Crippen LogP contribution in [0, 0.1) is 12.8 Å². The van der Waals surface area contributed by atoms with E-state index in [0.29, 0.717) is 31.9 Å². The molecule has 0 N–H and O–H groups in total. The van der Waals surface area contributed by atoms with E-state index in [4.69, 9.17) is 4.42 Å². The van der Waals surface area contributed by atoms with Crippen molar-refractivity contribution >= 4 is 11.8 Å². The molecule has 0 bridgehead atoms. The zero-order valence-corrected chi connectivity index (χ0v) is 13.1. The molecule has 1 aromatic rings. The number of piperazine rings is 1. The molecule has 21 heavy (non-hydrogen) atoms. The van der Waals surface area contributed by atoms with Crippen molar-refractivity contribution < 1.29 is 14.0 Å². The molecular formula is C16H24N2O3. The van der Waals surface area contributed by atoms with Crippen molar-refractivity contribution in [2.75, 3.05) is 26.2 Å². The topological polar surface area (TPSA) is 53.8 Å². The molecule has 1 aromatic heterocycles. The van der Waals surface area contributed by atoms with E-state index in [2.05, 4.69) is 0 Å². The van der Waals surface area contributed by atoms with Gasteiger partial charge in [-0.1, -0.05) is 13.8 Å². The van der Waals surface area contributed by atoms with Gasteiger partial charge in [0.15, 0.2) is 5.76 Å². The minimum absolute atomic E-state index is 0.0854.